The summed E-state index contributed by atoms with van der Waals surface area (Å²) in [6, 6.07) is 0. The number of nitrogens with zero attached hydrogens (tertiary/aromatic N) is 3. The molecule has 0 saturated carbocycles. The number of aryl methyl sites for hydroxylation is 2. The van der Waals surface area contributed by atoms with Crippen molar-refractivity contribution in [1.29, 1.82) is 0 Å². The average molecular weight is 420 g/mol. The van der Waals surface area contributed by atoms with Crippen LogP contribution in [0.5, 0.6) is 0 Å². The molecule has 0 aliphatic carbocycles. The normalized spacial score (nSPS) is 19.0. The Bertz CT molecular complexity index is 467. The molecule has 0 amide bonds. The molecule has 0 spiro atoms. The van der Waals surface area contributed by atoms with Crippen LogP contribution in [0.3, 0.4) is 0 Å². The van der Waals surface area contributed by atoms with Crippen molar-refractivity contribution in [1.82, 2.24) is 15.4 Å². The lowest BCUT2D eigenvalue weighted by Crippen LogP contribution is -2.46. The highest BCUT2D eigenvalue weighted by Gasteiger charge is 2.19. The third kappa shape index (κ3) is 5.14. The topological polar surface area (TPSA) is 53.7 Å². The first-order valence-corrected chi connectivity index (χ1v) is 8.06. The van der Waals surface area contributed by atoms with Crippen molar-refractivity contribution in [3.05, 3.63) is 17.0 Å². The number of piperidine rings is 1. The lowest BCUT2D eigenvalue weighted by atomic mass is 10.0. The van der Waals surface area contributed by atoms with Crippen LogP contribution in [-0.2, 0) is 6.42 Å². The summed E-state index contributed by atoms with van der Waals surface area (Å²) in [5.41, 5.74) is 2.18. The van der Waals surface area contributed by atoms with Crippen LogP contribution in [0.4, 0.5) is 0 Å². The van der Waals surface area contributed by atoms with E-state index in [0.717, 1.165) is 55.9 Å². The fourth-order valence-electron chi connectivity index (χ4n) is 2.94. The van der Waals surface area contributed by atoms with Crippen LogP contribution in [0, 0.1) is 19.8 Å². The van der Waals surface area contributed by atoms with Crippen LogP contribution in [0.15, 0.2) is 9.52 Å². The van der Waals surface area contributed by atoms with E-state index in [1.54, 1.807) is 0 Å². The number of aromatic nitrogens is 1. The molecule has 1 unspecified atom stereocenters. The summed E-state index contributed by atoms with van der Waals surface area (Å²) in [5.74, 6) is 2.72. The van der Waals surface area contributed by atoms with E-state index >= 15 is 0 Å². The second kappa shape index (κ2) is 9.37. The van der Waals surface area contributed by atoms with Crippen LogP contribution >= 0.6 is 24.0 Å². The van der Waals surface area contributed by atoms with Crippen molar-refractivity contribution in [2.45, 2.75) is 47.0 Å². The molecule has 22 heavy (non-hydrogen) atoms. The smallest absolute Gasteiger partial charge is 0.193 e. The Labute approximate surface area is 150 Å². The van der Waals surface area contributed by atoms with E-state index in [-0.39, 0.29) is 24.0 Å². The maximum Gasteiger partial charge on any atom is 0.193 e. The van der Waals surface area contributed by atoms with Gasteiger partial charge in [-0.15, -0.1) is 24.0 Å². The van der Waals surface area contributed by atoms with Gasteiger partial charge in [0.15, 0.2) is 5.96 Å². The van der Waals surface area contributed by atoms with E-state index < -0.39 is 0 Å². The van der Waals surface area contributed by atoms with Gasteiger partial charge >= 0.3 is 0 Å². The minimum atomic E-state index is 0. The fraction of sp³-hybridized carbons (Fsp3) is 0.750. The summed E-state index contributed by atoms with van der Waals surface area (Å²) in [4.78, 5) is 7.18. The summed E-state index contributed by atoms with van der Waals surface area (Å²) < 4.78 is 5.21. The number of aliphatic imine (C=N–C) groups is 1. The number of hydrogen-bond acceptors (Lipinski definition) is 3. The first-order valence-electron chi connectivity index (χ1n) is 8.06. The standard InChI is InChI=1S/C16H28N4O.HI/c1-5-17-16(20-10-6-7-12(2)11-20)18-9-8-15-13(3)19-21-14(15)4;/h12H,5-11H2,1-4H3,(H,17,18);1H. The third-order valence-electron chi connectivity index (χ3n) is 4.10. The van der Waals surface area contributed by atoms with Crippen LogP contribution in [0.1, 0.15) is 43.7 Å². The van der Waals surface area contributed by atoms with Crippen LogP contribution in [-0.4, -0.2) is 42.2 Å². The number of likely N-dealkylation sites (tertiary alicyclic amines) is 1. The number of guanidine groups is 1. The molecular weight excluding hydrogens is 391 g/mol. The van der Waals surface area contributed by atoms with Crippen molar-refractivity contribution in [2.24, 2.45) is 10.9 Å². The van der Waals surface area contributed by atoms with Gasteiger partial charge in [0.05, 0.1) is 5.69 Å². The highest BCUT2D eigenvalue weighted by atomic mass is 127. The van der Waals surface area contributed by atoms with E-state index in [1.807, 2.05) is 13.8 Å². The number of halogens is 1. The lowest BCUT2D eigenvalue weighted by molar-refractivity contribution is 0.266. The van der Waals surface area contributed by atoms with Gasteiger partial charge < -0.3 is 14.7 Å². The minimum absolute atomic E-state index is 0. The van der Waals surface area contributed by atoms with Crippen LogP contribution in [0.25, 0.3) is 0 Å². The molecule has 1 saturated heterocycles. The highest BCUT2D eigenvalue weighted by molar-refractivity contribution is 14.0. The van der Waals surface area contributed by atoms with E-state index in [4.69, 9.17) is 9.52 Å². The molecule has 5 nitrogen and oxygen atoms in total. The summed E-state index contributed by atoms with van der Waals surface area (Å²) in [6.07, 6.45) is 3.48. The van der Waals surface area contributed by atoms with Gasteiger partial charge in [-0.05, 0) is 46.0 Å². The maximum atomic E-state index is 5.21. The first-order chi connectivity index (χ1) is 10.1. The Morgan fingerprint density at radius 2 is 2.23 bits per heavy atom. The molecule has 1 fully saturated rings. The van der Waals surface area contributed by atoms with Gasteiger partial charge in [0.1, 0.15) is 5.76 Å². The summed E-state index contributed by atoms with van der Waals surface area (Å²) in [6.45, 7) is 12.3. The van der Waals surface area contributed by atoms with Crippen molar-refractivity contribution < 1.29 is 4.52 Å². The number of rotatable bonds is 4. The molecule has 1 aliphatic heterocycles. The van der Waals surface area contributed by atoms with Gasteiger partial charge in [-0.2, -0.15) is 0 Å². The Morgan fingerprint density at radius 1 is 1.45 bits per heavy atom. The molecular formula is C16H29IN4O. The lowest BCUT2D eigenvalue weighted by Gasteiger charge is -2.33. The summed E-state index contributed by atoms with van der Waals surface area (Å²) in [7, 11) is 0. The second-order valence-corrected chi connectivity index (χ2v) is 5.98. The van der Waals surface area contributed by atoms with Gasteiger partial charge in [0, 0.05) is 31.7 Å². The number of nitrogens with one attached hydrogen (secondary N) is 1. The zero-order chi connectivity index (χ0) is 15.2. The van der Waals surface area contributed by atoms with Gasteiger partial charge in [-0.25, -0.2) is 0 Å². The van der Waals surface area contributed by atoms with E-state index in [2.05, 4.69) is 29.2 Å². The van der Waals surface area contributed by atoms with Crippen molar-refractivity contribution in [3.63, 3.8) is 0 Å². The maximum absolute atomic E-state index is 5.21. The minimum Gasteiger partial charge on any atom is -0.361 e. The summed E-state index contributed by atoms with van der Waals surface area (Å²) in [5, 5.41) is 7.42. The molecule has 0 bridgehead atoms. The fourth-order valence-corrected chi connectivity index (χ4v) is 2.94. The largest absolute Gasteiger partial charge is 0.361 e. The van der Waals surface area contributed by atoms with Gasteiger partial charge in [-0.1, -0.05) is 12.1 Å². The molecule has 1 aliphatic rings. The molecule has 2 rings (SSSR count). The van der Waals surface area contributed by atoms with E-state index in [0.29, 0.717) is 0 Å². The SMILES string of the molecule is CCNC(=NCCc1c(C)noc1C)N1CCCC(C)C1.I. The van der Waals surface area contributed by atoms with Crippen LogP contribution < -0.4 is 5.32 Å². The third-order valence-corrected chi connectivity index (χ3v) is 4.10. The molecule has 0 aromatic carbocycles. The van der Waals surface area contributed by atoms with E-state index in [9.17, 15) is 0 Å². The molecule has 126 valence electrons. The van der Waals surface area contributed by atoms with Gasteiger partial charge in [0.25, 0.3) is 0 Å². The van der Waals surface area contributed by atoms with Gasteiger partial charge in [0.2, 0.25) is 0 Å². The predicted octanol–water partition coefficient (Wildman–Crippen LogP) is 3.15. The van der Waals surface area contributed by atoms with Crippen molar-refractivity contribution in [3.8, 4) is 0 Å². The van der Waals surface area contributed by atoms with Gasteiger partial charge in [-0.3, -0.25) is 4.99 Å². The molecule has 0 radical (unpaired) electrons. The quantitative estimate of drug-likeness (QED) is 0.462. The zero-order valence-corrected chi connectivity index (χ0v) is 16.5. The van der Waals surface area contributed by atoms with E-state index in [1.165, 1.54) is 18.4 Å². The highest BCUT2D eigenvalue weighted by Crippen LogP contribution is 2.16. The van der Waals surface area contributed by atoms with Crippen LogP contribution in [0.2, 0.25) is 0 Å². The second-order valence-electron chi connectivity index (χ2n) is 5.98. The van der Waals surface area contributed by atoms with Crippen molar-refractivity contribution >= 4 is 29.9 Å². The Morgan fingerprint density at radius 3 is 2.82 bits per heavy atom. The molecule has 2 heterocycles. The zero-order valence-electron chi connectivity index (χ0n) is 14.2. The molecule has 1 aromatic rings. The van der Waals surface area contributed by atoms with Crippen molar-refractivity contribution in [2.75, 3.05) is 26.2 Å². The monoisotopic (exact) mass is 420 g/mol. The average Bonchev–Trinajstić information content (AvgIpc) is 2.78. The summed E-state index contributed by atoms with van der Waals surface area (Å²) >= 11 is 0. The molecule has 1 aromatic heterocycles. The molecule has 1 atom stereocenters. The Hall–Kier alpha value is -0.790. The molecule has 1 N–H and O–H groups in total. The Balaban J connectivity index is 0.00000242. The molecule has 6 heteroatoms. The predicted molar refractivity (Wildman–Crippen MR) is 101 cm³/mol. The first kappa shape index (κ1) is 19.3. The Kier molecular flexibility index (Phi) is 8.20. The number of hydrogen-bond donors (Lipinski definition) is 1.